The molecule has 0 fully saturated rings. The fourth-order valence-electron chi connectivity index (χ4n) is 5.11. The number of anilines is 1. The average molecular weight is 328 g/mol. The number of benzene rings is 1. The van der Waals surface area contributed by atoms with Gasteiger partial charge >= 0.3 is 0 Å². The van der Waals surface area contributed by atoms with Crippen LogP contribution in [0, 0.1) is 5.92 Å². The van der Waals surface area contributed by atoms with Crippen LogP contribution < -0.4 is 10.5 Å². The van der Waals surface area contributed by atoms with Gasteiger partial charge in [-0.2, -0.15) is 0 Å². The molecule has 0 aliphatic heterocycles. The first-order valence-electron chi connectivity index (χ1n) is 8.29. The summed E-state index contributed by atoms with van der Waals surface area (Å²) >= 11 is 1.68. The molecule has 0 saturated heterocycles. The van der Waals surface area contributed by atoms with E-state index >= 15 is 0 Å². The molecule has 122 valence electrons. The number of aromatic nitrogens is 1. The summed E-state index contributed by atoms with van der Waals surface area (Å²) in [7, 11) is 1.74. The predicted octanol–water partition coefficient (Wildman–Crippen LogP) is 4.09. The van der Waals surface area contributed by atoms with Gasteiger partial charge in [0.05, 0.1) is 12.8 Å². The molecule has 2 aliphatic carbocycles. The van der Waals surface area contributed by atoms with Crippen molar-refractivity contribution in [2.45, 2.75) is 50.9 Å². The Balaban J connectivity index is 1.93. The molecule has 2 aromatic rings. The molecule has 0 amide bonds. The lowest BCUT2D eigenvalue weighted by atomic mass is 9.51. The SMILES string of the molecule is COc1ccc2c(c1)[C@@]1(C)Cc3nc(N)sc3C(C)(C)[C@@H]1CC2. The number of hydrogen-bond acceptors (Lipinski definition) is 4. The number of fused-ring (bicyclic) bond motifs is 4. The highest BCUT2D eigenvalue weighted by atomic mass is 32.1. The van der Waals surface area contributed by atoms with Crippen molar-refractivity contribution in [2.75, 3.05) is 12.8 Å². The van der Waals surface area contributed by atoms with E-state index in [4.69, 9.17) is 10.5 Å². The van der Waals surface area contributed by atoms with Crippen molar-refractivity contribution in [1.29, 1.82) is 0 Å². The van der Waals surface area contributed by atoms with E-state index < -0.39 is 0 Å². The van der Waals surface area contributed by atoms with Crippen molar-refractivity contribution in [1.82, 2.24) is 4.98 Å². The Labute approximate surface area is 141 Å². The van der Waals surface area contributed by atoms with Crippen molar-refractivity contribution in [3.8, 4) is 5.75 Å². The molecule has 2 aliphatic rings. The highest BCUT2D eigenvalue weighted by molar-refractivity contribution is 7.15. The van der Waals surface area contributed by atoms with Gasteiger partial charge in [-0.1, -0.05) is 26.8 Å². The molecule has 0 saturated carbocycles. The molecular weight excluding hydrogens is 304 g/mol. The third-order valence-corrected chi connectivity index (χ3v) is 7.37. The molecule has 0 unspecified atom stereocenters. The minimum Gasteiger partial charge on any atom is -0.497 e. The zero-order valence-corrected chi connectivity index (χ0v) is 15.1. The van der Waals surface area contributed by atoms with Crippen molar-refractivity contribution in [2.24, 2.45) is 5.92 Å². The zero-order valence-electron chi connectivity index (χ0n) is 14.3. The molecule has 0 spiro atoms. The first-order chi connectivity index (χ1) is 10.9. The summed E-state index contributed by atoms with van der Waals surface area (Å²) in [6, 6.07) is 6.58. The number of rotatable bonds is 1. The Hall–Kier alpha value is -1.55. The molecule has 0 radical (unpaired) electrons. The fraction of sp³-hybridized carbons (Fsp3) is 0.526. The zero-order chi connectivity index (χ0) is 16.4. The van der Waals surface area contributed by atoms with Crippen LogP contribution in [-0.4, -0.2) is 12.1 Å². The summed E-state index contributed by atoms with van der Waals surface area (Å²) in [5, 5.41) is 0.705. The quantitative estimate of drug-likeness (QED) is 0.858. The van der Waals surface area contributed by atoms with Crippen molar-refractivity contribution in [3.63, 3.8) is 0 Å². The monoisotopic (exact) mass is 328 g/mol. The Morgan fingerprint density at radius 2 is 2.09 bits per heavy atom. The summed E-state index contributed by atoms with van der Waals surface area (Å²) in [6.45, 7) is 7.16. The number of hydrogen-bond donors (Lipinski definition) is 1. The van der Waals surface area contributed by atoms with E-state index in [0.717, 1.165) is 18.6 Å². The molecule has 23 heavy (non-hydrogen) atoms. The highest BCUT2D eigenvalue weighted by Crippen LogP contribution is 2.57. The minimum atomic E-state index is 0.0964. The molecular formula is C19H24N2OS. The molecule has 4 heteroatoms. The average Bonchev–Trinajstić information content (AvgIpc) is 2.87. The van der Waals surface area contributed by atoms with Gasteiger partial charge in [0.1, 0.15) is 5.75 Å². The van der Waals surface area contributed by atoms with Crippen LogP contribution >= 0.6 is 11.3 Å². The summed E-state index contributed by atoms with van der Waals surface area (Å²) in [5.41, 5.74) is 10.4. The van der Waals surface area contributed by atoms with Crippen molar-refractivity contribution < 1.29 is 4.74 Å². The van der Waals surface area contributed by atoms with Crippen LogP contribution in [0.5, 0.6) is 5.75 Å². The largest absolute Gasteiger partial charge is 0.497 e. The highest BCUT2D eigenvalue weighted by Gasteiger charge is 2.53. The van der Waals surface area contributed by atoms with E-state index in [1.165, 1.54) is 28.1 Å². The number of ether oxygens (including phenoxy) is 1. The number of nitrogens with two attached hydrogens (primary N) is 1. The van der Waals surface area contributed by atoms with Crippen molar-refractivity contribution in [3.05, 3.63) is 39.9 Å². The van der Waals surface area contributed by atoms with Crippen LogP contribution in [0.25, 0.3) is 0 Å². The third-order valence-electron chi connectivity index (χ3n) is 6.11. The van der Waals surface area contributed by atoms with E-state index in [2.05, 4.69) is 44.0 Å². The second-order valence-corrected chi connectivity index (χ2v) is 8.79. The lowest BCUT2D eigenvalue weighted by Crippen LogP contribution is -2.51. The normalized spacial score (nSPS) is 27.7. The molecule has 1 aromatic heterocycles. The topological polar surface area (TPSA) is 48.1 Å². The van der Waals surface area contributed by atoms with E-state index in [1.54, 1.807) is 18.4 Å². The Kier molecular flexibility index (Phi) is 3.08. The molecule has 3 nitrogen and oxygen atoms in total. The Morgan fingerprint density at radius 3 is 2.83 bits per heavy atom. The predicted molar refractivity (Wildman–Crippen MR) is 95.4 cm³/mol. The first-order valence-corrected chi connectivity index (χ1v) is 9.11. The minimum absolute atomic E-state index is 0.0964. The third kappa shape index (κ3) is 1.97. The smallest absolute Gasteiger partial charge is 0.180 e. The van der Waals surface area contributed by atoms with Gasteiger partial charge < -0.3 is 10.5 Å². The van der Waals surface area contributed by atoms with Gasteiger partial charge in [0.15, 0.2) is 5.13 Å². The molecule has 0 bridgehead atoms. The van der Waals surface area contributed by atoms with E-state index in [1.807, 2.05) is 0 Å². The van der Waals surface area contributed by atoms with Gasteiger partial charge in [-0.25, -0.2) is 4.98 Å². The van der Waals surface area contributed by atoms with E-state index in [9.17, 15) is 0 Å². The number of aryl methyl sites for hydroxylation is 1. The number of nitrogen functional groups attached to an aromatic ring is 1. The van der Waals surface area contributed by atoms with Gasteiger partial charge in [0.2, 0.25) is 0 Å². The van der Waals surface area contributed by atoms with Crippen LogP contribution in [0.3, 0.4) is 0 Å². The van der Waals surface area contributed by atoms with E-state index in [-0.39, 0.29) is 10.8 Å². The number of thiazole rings is 1. The van der Waals surface area contributed by atoms with Gasteiger partial charge in [-0.3, -0.25) is 0 Å². The molecule has 1 aromatic carbocycles. The van der Waals surface area contributed by atoms with Crippen LogP contribution in [0.15, 0.2) is 18.2 Å². The summed E-state index contributed by atoms with van der Waals surface area (Å²) in [6.07, 6.45) is 3.34. The van der Waals surface area contributed by atoms with Gasteiger partial charge in [0.25, 0.3) is 0 Å². The fourth-order valence-corrected chi connectivity index (χ4v) is 6.12. The van der Waals surface area contributed by atoms with Gasteiger partial charge in [-0.15, -0.1) is 11.3 Å². The first kappa shape index (κ1) is 15.0. The second kappa shape index (κ2) is 4.73. The number of methoxy groups -OCH3 is 1. The van der Waals surface area contributed by atoms with Crippen molar-refractivity contribution >= 4 is 16.5 Å². The lowest BCUT2D eigenvalue weighted by molar-refractivity contribution is 0.141. The molecule has 2 N–H and O–H groups in total. The van der Waals surface area contributed by atoms with Crippen LogP contribution in [-0.2, 0) is 23.7 Å². The van der Waals surface area contributed by atoms with Crippen LogP contribution in [0.2, 0.25) is 0 Å². The van der Waals surface area contributed by atoms with E-state index in [0.29, 0.717) is 11.0 Å². The number of nitrogens with zero attached hydrogens (tertiary/aromatic N) is 1. The van der Waals surface area contributed by atoms with Crippen LogP contribution in [0.1, 0.15) is 48.9 Å². The molecule has 2 atom stereocenters. The van der Waals surface area contributed by atoms with Crippen LogP contribution in [0.4, 0.5) is 5.13 Å². The summed E-state index contributed by atoms with van der Waals surface area (Å²) < 4.78 is 5.50. The van der Waals surface area contributed by atoms with Gasteiger partial charge in [0, 0.05) is 22.1 Å². The standard InChI is InChI=1S/C19H24N2OS/c1-18(2)15-8-6-11-5-7-12(22-4)9-13(11)19(15,3)10-14-16(18)23-17(20)21-14/h5,7,9,15H,6,8,10H2,1-4H3,(H2,20,21)/t15-,19+/m0/s1. The maximum absolute atomic E-state index is 6.04. The Morgan fingerprint density at radius 1 is 1.30 bits per heavy atom. The maximum atomic E-state index is 6.04. The molecule has 1 heterocycles. The maximum Gasteiger partial charge on any atom is 0.180 e. The van der Waals surface area contributed by atoms with Gasteiger partial charge in [-0.05, 0) is 42.0 Å². The molecule has 4 rings (SSSR count). The Bertz CT molecular complexity index is 780. The summed E-state index contributed by atoms with van der Waals surface area (Å²) in [4.78, 5) is 6.06. The summed E-state index contributed by atoms with van der Waals surface area (Å²) in [5.74, 6) is 1.55. The lowest BCUT2D eigenvalue weighted by Gasteiger charge is -2.53. The second-order valence-electron chi connectivity index (χ2n) is 7.76.